The molecule has 0 unspecified atom stereocenters. The molecular weight excluding hydrogens is 264 g/mol. The lowest BCUT2D eigenvalue weighted by molar-refractivity contribution is 0.0954. The molecule has 3 N–H and O–H groups in total. The number of carbonyl (C=O) groups excluding carboxylic acids is 1. The Morgan fingerprint density at radius 1 is 1.29 bits per heavy atom. The average Bonchev–Trinajstić information content (AvgIpc) is 2.25. The van der Waals surface area contributed by atoms with E-state index in [1.165, 1.54) is 24.3 Å². The molecule has 0 heterocycles. The molecule has 0 atom stereocenters. The third-order valence-corrected chi connectivity index (χ3v) is 3.10. The fourth-order valence-electron chi connectivity index (χ4n) is 1.14. The van der Waals surface area contributed by atoms with Crippen molar-refractivity contribution >= 4 is 28.2 Å². The molecule has 0 saturated carbocycles. The minimum absolute atomic E-state index is 0. The van der Waals surface area contributed by atoms with E-state index in [0.29, 0.717) is 18.7 Å². The number of hydrogen-bond donors (Lipinski definition) is 2. The summed E-state index contributed by atoms with van der Waals surface area (Å²) in [5.41, 5.74) is 5.66. The summed E-state index contributed by atoms with van der Waals surface area (Å²) in [6.07, 6.45) is 1.12. The second-order valence-electron chi connectivity index (χ2n) is 3.34. The van der Waals surface area contributed by atoms with Crippen LogP contribution in [0.1, 0.15) is 10.4 Å². The van der Waals surface area contributed by atoms with E-state index in [0.717, 1.165) is 6.26 Å². The first-order valence-corrected chi connectivity index (χ1v) is 6.62. The number of halogens is 1. The van der Waals surface area contributed by atoms with E-state index in [2.05, 4.69) is 5.32 Å². The number of hydrogen-bond acceptors (Lipinski definition) is 4. The predicted octanol–water partition coefficient (Wildman–Crippen LogP) is 0.200. The molecule has 0 aliphatic rings. The molecule has 0 fully saturated rings. The van der Waals surface area contributed by atoms with Crippen LogP contribution in [0, 0.1) is 0 Å². The van der Waals surface area contributed by atoms with Gasteiger partial charge in [-0.05, 0) is 24.3 Å². The van der Waals surface area contributed by atoms with Gasteiger partial charge in [0.2, 0.25) is 0 Å². The molecule has 0 aromatic heterocycles. The quantitative estimate of drug-likeness (QED) is 0.823. The smallest absolute Gasteiger partial charge is 0.251 e. The minimum atomic E-state index is -3.21. The summed E-state index contributed by atoms with van der Waals surface area (Å²) in [5, 5.41) is 2.59. The lowest BCUT2D eigenvalue weighted by Gasteiger charge is -2.04. The Bertz CT molecular complexity index is 471. The summed E-state index contributed by atoms with van der Waals surface area (Å²) in [6, 6.07) is 5.77. The Morgan fingerprint density at radius 2 is 1.82 bits per heavy atom. The van der Waals surface area contributed by atoms with E-state index < -0.39 is 9.84 Å². The number of carbonyl (C=O) groups is 1. The first-order valence-electron chi connectivity index (χ1n) is 4.73. The topological polar surface area (TPSA) is 89.3 Å². The Labute approximate surface area is 107 Å². The molecule has 0 aliphatic heterocycles. The number of nitrogens with two attached hydrogens (primary N) is 1. The highest BCUT2D eigenvalue weighted by Gasteiger charge is 2.09. The van der Waals surface area contributed by atoms with E-state index in [1.807, 2.05) is 0 Å². The van der Waals surface area contributed by atoms with Crippen LogP contribution in [-0.2, 0) is 9.84 Å². The lowest BCUT2D eigenvalue weighted by Crippen LogP contribution is -2.28. The van der Waals surface area contributed by atoms with Crippen LogP contribution in [0.3, 0.4) is 0 Å². The summed E-state index contributed by atoms with van der Waals surface area (Å²) in [6.45, 7) is 0.764. The van der Waals surface area contributed by atoms with Crippen LogP contribution >= 0.6 is 12.4 Å². The molecule has 0 radical (unpaired) electrons. The predicted molar refractivity (Wildman–Crippen MR) is 68.2 cm³/mol. The summed E-state index contributed by atoms with van der Waals surface area (Å²) in [4.78, 5) is 11.6. The fraction of sp³-hybridized carbons (Fsp3) is 0.300. The van der Waals surface area contributed by atoms with Crippen molar-refractivity contribution in [2.75, 3.05) is 19.3 Å². The SMILES string of the molecule is CS(=O)(=O)c1ccc(C(=O)NCCN)cc1.Cl. The van der Waals surface area contributed by atoms with Crippen molar-refractivity contribution in [1.82, 2.24) is 5.32 Å². The van der Waals surface area contributed by atoms with Gasteiger partial charge < -0.3 is 11.1 Å². The highest BCUT2D eigenvalue weighted by molar-refractivity contribution is 7.90. The van der Waals surface area contributed by atoms with Crippen LogP contribution in [-0.4, -0.2) is 33.7 Å². The molecule has 1 amide bonds. The highest BCUT2D eigenvalue weighted by Crippen LogP contribution is 2.09. The zero-order valence-electron chi connectivity index (χ0n) is 9.34. The lowest BCUT2D eigenvalue weighted by atomic mass is 10.2. The Balaban J connectivity index is 0.00000256. The van der Waals surface area contributed by atoms with Crippen molar-refractivity contribution in [1.29, 1.82) is 0 Å². The average molecular weight is 279 g/mol. The largest absolute Gasteiger partial charge is 0.351 e. The van der Waals surface area contributed by atoms with Crippen molar-refractivity contribution in [3.63, 3.8) is 0 Å². The summed E-state index contributed by atoms with van der Waals surface area (Å²) >= 11 is 0. The third kappa shape index (κ3) is 4.72. The maximum atomic E-state index is 11.4. The molecule has 1 aromatic carbocycles. The van der Waals surface area contributed by atoms with Gasteiger partial charge in [-0.1, -0.05) is 0 Å². The second-order valence-corrected chi connectivity index (χ2v) is 5.36. The summed E-state index contributed by atoms with van der Waals surface area (Å²) in [5.74, 6) is -0.259. The van der Waals surface area contributed by atoms with E-state index in [1.54, 1.807) is 0 Å². The van der Waals surface area contributed by atoms with Crippen LogP contribution in [0.4, 0.5) is 0 Å². The Morgan fingerprint density at radius 3 is 2.24 bits per heavy atom. The summed E-state index contributed by atoms with van der Waals surface area (Å²) in [7, 11) is -3.21. The molecule has 0 aliphatic carbocycles. The van der Waals surface area contributed by atoms with Crippen molar-refractivity contribution in [3.8, 4) is 0 Å². The van der Waals surface area contributed by atoms with Crippen LogP contribution in [0.5, 0.6) is 0 Å². The van der Waals surface area contributed by atoms with Gasteiger partial charge in [-0.15, -0.1) is 12.4 Å². The van der Waals surface area contributed by atoms with Gasteiger partial charge in [0.15, 0.2) is 9.84 Å². The maximum Gasteiger partial charge on any atom is 0.251 e. The number of rotatable bonds is 4. The molecule has 7 heteroatoms. The molecule has 0 bridgehead atoms. The highest BCUT2D eigenvalue weighted by atomic mass is 35.5. The first kappa shape index (κ1) is 15.9. The molecule has 17 heavy (non-hydrogen) atoms. The maximum absolute atomic E-state index is 11.4. The minimum Gasteiger partial charge on any atom is -0.351 e. The number of sulfone groups is 1. The van der Waals surface area contributed by atoms with Crippen LogP contribution in [0.15, 0.2) is 29.2 Å². The van der Waals surface area contributed by atoms with Crippen molar-refractivity contribution in [2.24, 2.45) is 5.73 Å². The molecule has 5 nitrogen and oxygen atoms in total. The number of amides is 1. The van der Waals surface area contributed by atoms with Gasteiger partial charge >= 0.3 is 0 Å². The zero-order chi connectivity index (χ0) is 12.2. The van der Waals surface area contributed by atoms with E-state index in [4.69, 9.17) is 5.73 Å². The van der Waals surface area contributed by atoms with Gasteiger partial charge in [-0.3, -0.25) is 4.79 Å². The van der Waals surface area contributed by atoms with Crippen molar-refractivity contribution in [3.05, 3.63) is 29.8 Å². The molecule has 0 saturated heterocycles. The molecule has 96 valence electrons. The zero-order valence-corrected chi connectivity index (χ0v) is 11.0. The van der Waals surface area contributed by atoms with Gasteiger partial charge in [0.25, 0.3) is 5.91 Å². The standard InChI is InChI=1S/C10H14N2O3S.ClH/c1-16(14,15)9-4-2-8(3-5-9)10(13)12-7-6-11;/h2-5H,6-7,11H2,1H3,(H,12,13);1H. The van der Waals surface area contributed by atoms with Gasteiger partial charge in [0.1, 0.15) is 0 Å². The molecule has 0 spiro atoms. The van der Waals surface area contributed by atoms with Crippen LogP contribution in [0.25, 0.3) is 0 Å². The van der Waals surface area contributed by atoms with Gasteiger partial charge in [-0.2, -0.15) is 0 Å². The fourth-order valence-corrected chi connectivity index (χ4v) is 1.77. The van der Waals surface area contributed by atoms with Crippen molar-refractivity contribution < 1.29 is 13.2 Å². The molecular formula is C10H15ClN2O3S. The Hall–Kier alpha value is -1.11. The van der Waals surface area contributed by atoms with Gasteiger partial charge in [-0.25, -0.2) is 8.42 Å². The number of nitrogens with one attached hydrogen (secondary N) is 1. The van der Waals surface area contributed by atoms with Gasteiger partial charge in [0.05, 0.1) is 4.90 Å². The third-order valence-electron chi connectivity index (χ3n) is 1.97. The van der Waals surface area contributed by atoms with E-state index in [9.17, 15) is 13.2 Å². The monoisotopic (exact) mass is 278 g/mol. The first-order chi connectivity index (χ1) is 7.45. The Kier molecular flexibility index (Phi) is 6.15. The molecule has 1 aromatic rings. The van der Waals surface area contributed by atoms with E-state index in [-0.39, 0.29) is 23.2 Å². The summed E-state index contributed by atoms with van der Waals surface area (Å²) < 4.78 is 22.3. The normalized spacial score (nSPS) is 10.5. The molecule has 1 rings (SSSR count). The van der Waals surface area contributed by atoms with Crippen molar-refractivity contribution in [2.45, 2.75) is 4.90 Å². The van der Waals surface area contributed by atoms with Crippen LogP contribution in [0.2, 0.25) is 0 Å². The van der Waals surface area contributed by atoms with Gasteiger partial charge in [0, 0.05) is 24.9 Å². The van der Waals surface area contributed by atoms with Crippen LogP contribution < -0.4 is 11.1 Å². The second kappa shape index (κ2) is 6.58. The van der Waals surface area contributed by atoms with E-state index >= 15 is 0 Å². The number of benzene rings is 1.